The van der Waals surface area contributed by atoms with Crippen LogP contribution in [0.1, 0.15) is 65.2 Å². The summed E-state index contributed by atoms with van der Waals surface area (Å²) in [5.41, 5.74) is 0. The number of aliphatic hydroxyl groups is 1. The maximum Gasteiger partial charge on any atom is 0.305 e. The number of carbonyl (C=O) groups excluding carboxylic acids is 1. The van der Waals surface area contributed by atoms with E-state index in [4.69, 9.17) is 9.84 Å². The lowest BCUT2D eigenvalue weighted by atomic mass is 10.1. The molecule has 96 valence electrons. The van der Waals surface area contributed by atoms with Crippen LogP contribution in [0, 0.1) is 0 Å². The van der Waals surface area contributed by atoms with E-state index in [2.05, 4.69) is 6.92 Å². The first-order valence-electron chi connectivity index (χ1n) is 6.50. The minimum Gasteiger partial charge on any atom is -0.466 e. The Morgan fingerprint density at radius 1 is 1.19 bits per heavy atom. The normalized spacial score (nSPS) is 12.4. The Morgan fingerprint density at radius 2 is 1.94 bits per heavy atom. The molecule has 0 heterocycles. The summed E-state index contributed by atoms with van der Waals surface area (Å²) in [6.07, 6.45) is 7.24. The Morgan fingerprint density at radius 3 is 2.56 bits per heavy atom. The molecule has 1 atom stereocenters. The van der Waals surface area contributed by atoms with Crippen molar-refractivity contribution < 1.29 is 14.6 Å². The molecule has 0 aliphatic rings. The lowest BCUT2D eigenvalue weighted by Gasteiger charge is -2.05. The van der Waals surface area contributed by atoms with Gasteiger partial charge >= 0.3 is 5.97 Å². The number of aliphatic hydroxyl groups excluding tert-OH is 1. The molecule has 0 saturated carbocycles. The van der Waals surface area contributed by atoms with Gasteiger partial charge in [-0.15, -0.1) is 0 Å². The van der Waals surface area contributed by atoms with Crippen LogP contribution in [0.15, 0.2) is 0 Å². The van der Waals surface area contributed by atoms with Gasteiger partial charge in [0.15, 0.2) is 0 Å². The molecule has 0 spiro atoms. The molecule has 0 rings (SSSR count). The molecule has 0 fully saturated rings. The fourth-order valence-corrected chi connectivity index (χ4v) is 1.50. The van der Waals surface area contributed by atoms with Crippen LogP contribution in [0.3, 0.4) is 0 Å². The number of ether oxygens (including phenoxy) is 1. The number of hydrogen-bond donors (Lipinski definition) is 1. The summed E-state index contributed by atoms with van der Waals surface area (Å²) >= 11 is 0. The molecule has 16 heavy (non-hydrogen) atoms. The highest BCUT2D eigenvalue weighted by Gasteiger charge is 2.03. The van der Waals surface area contributed by atoms with Crippen LogP contribution in [0.5, 0.6) is 0 Å². The number of unbranched alkanes of at least 4 members (excludes halogenated alkanes) is 4. The van der Waals surface area contributed by atoms with E-state index in [0.717, 1.165) is 32.1 Å². The number of rotatable bonds is 10. The highest BCUT2D eigenvalue weighted by molar-refractivity contribution is 5.69. The van der Waals surface area contributed by atoms with Crippen LogP contribution >= 0.6 is 0 Å². The van der Waals surface area contributed by atoms with Gasteiger partial charge in [-0.05, 0) is 26.2 Å². The van der Waals surface area contributed by atoms with E-state index in [1.54, 1.807) is 6.92 Å². The molecule has 1 N–H and O–H groups in total. The minimum atomic E-state index is -0.259. The van der Waals surface area contributed by atoms with Crippen molar-refractivity contribution in [1.82, 2.24) is 0 Å². The monoisotopic (exact) mass is 230 g/mol. The van der Waals surface area contributed by atoms with Crippen molar-refractivity contribution in [1.29, 1.82) is 0 Å². The van der Waals surface area contributed by atoms with Gasteiger partial charge in [-0.1, -0.05) is 32.6 Å². The molecule has 0 aromatic heterocycles. The summed E-state index contributed by atoms with van der Waals surface area (Å²) in [5, 5.41) is 9.03. The van der Waals surface area contributed by atoms with Crippen molar-refractivity contribution in [3.8, 4) is 0 Å². The Labute approximate surface area is 99.2 Å². The molecule has 0 bridgehead atoms. The molecule has 0 aliphatic heterocycles. The SMILES string of the molecule is CCCCCCOC(=O)CCCCC(C)O. The zero-order chi connectivity index (χ0) is 12.2. The van der Waals surface area contributed by atoms with E-state index in [-0.39, 0.29) is 12.1 Å². The topological polar surface area (TPSA) is 46.5 Å². The standard InChI is InChI=1S/C13H26O3/c1-3-4-5-8-11-16-13(15)10-7-6-9-12(2)14/h12,14H,3-11H2,1-2H3. The Hall–Kier alpha value is -0.570. The van der Waals surface area contributed by atoms with Gasteiger partial charge in [0.1, 0.15) is 0 Å². The molecule has 0 aromatic carbocycles. The van der Waals surface area contributed by atoms with Crippen molar-refractivity contribution in [2.45, 2.75) is 71.3 Å². The molecular formula is C13H26O3. The molecule has 1 unspecified atom stereocenters. The number of hydrogen-bond acceptors (Lipinski definition) is 3. The predicted octanol–water partition coefficient (Wildman–Crippen LogP) is 3.05. The fourth-order valence-electron chi connectivity index (χ4n) is 1.50. The van der Waals surface area contributed by atoms with Crippen LogP contribution in [-0.4, -0.2) is 23.8 Å². The molecular weight excluding hydrogens is 204 g/mol. The molecule has 0 aromatic rings. The first-order chi connectivity index (χ1) is 7.66. The molecule has 3 heteroatoms. The van der Waals surface area contributed by atoms with Crippen LogP contribution in [-0.2, 0) is 9.53 Å². The van der Waals surface area contributed by atoms with Gasteiger partial charge in [-0.25, -0.2) is 0 Å². The van der Waals surface area contributed by atoms with Gasteiger partial charge < -0.3 is 9.84 Å². The molecule has 0 saturated heterocycles. The predicted molar refractivity (Wildman–Crippen MR) is 65.2 cm³/mol. The van der Waals surface area contributed by atoms with E-state index in [0.29, 0.717) is 13.0 Å². The van der Waals surface area contributed by atoms with Crippen molar-refractivity contribution in [3.63, 3.8) is 0 Å². The van der Waals surface area contributed by atoms with Gasteiger partial charge in [0.05, 0.1) is 12.7 Å². The second kappa shape index (κ2) is 10.9. The zero-order valence-corrected chi connectivity index (χ0v) is 10.7. The lowest BCUT2D eigenvalue weighted by molar-refractivity contribution is -0.143. The maximum atomic E-state index is 11.2. The lowest BCUT2D eigenvalue weighted by Crippen LogP contribution is -2.06. The Balaban J connectivity index is 3.18. The fraction of sp³-hybridized carbons (Fsp3) is 0.923. The van der Waals surface area contributed by atoms with Crippen LogP contribution in [0.4, 0.5) is 0 Å². The van der Waals surface area contributed by atoms with Gasteiger partial charge in [0.25, 0.3) is 0 Å². The summed E-state index contributed by atoms with van der Waals surface area (Å²) < 4.78 is 5.09. The third-order valence-corrected chi connectivity index (χ3v) is 2.51. The van der Waals surface area contributed by atoms with Crippen LogP contribution < -0.4 is 0 Å². The highest BCUT2D eigenvalue weighted by Crippen LogP contribution is 2.05. The van der Waals surface area contributed by atoms with Crippen molar-refractivity contribution in [2.75, 3.05) is 6.61 Å². The van der Waals surface area contributed by atoms with Gasteiger partial charge in [0.2, 0.25) is 0 Å². The van der Waals surface area contributed by atoms with Crippen molar-refractivity contribution >= 4 is 5.97 Å². The second-order valence-electron chi connectivity index (χ2n) is 4.38. The summed E-state index contributed by atoms with van der Waals surface area (Å²) in [6, 6.07) is 0. The highest BCUT2D eigenvalue weighted by atomic mass is 16.5. The van der Waals surface area contributed by atoms with E-state index >= 15 is 0 Å². The van der Waals surface area contributed by atoms with Gasteiger partial charge in [-0.3, -0.25) is 4.79 Å². The molecule has 0 amide bonds. The van der Waals surface area contributed by atoms with E-state index in [1.165, 1.54) is 12.8 Å². The quantitative estimate of drug-likeness (QED) is 0.463. The third-order valence-electron chi connectivity index (χ3n) is 2.51. The van der Waals surface area contributed by atoms with E-state index < -0.39 is 0 Å². The summed E-state index contributed by atoms with van der Waals surface area (Å²) in [5.74, 6) is -0.0953. The molecule has 0 radical (unpaired) electrons. The Kier molecular flexibility index (Phi) is 10.5. The maximum absolute atomic E-state index is 11.2. The van der Waals surface area contributed by atoms with Crippen LogP contribution in [0.25, 0.3) is 0 Å². The third kappa shape index (κ3) is 11.5. The molecule has 0 aliphatic carbocycles. The molecule has 3 nitrogen and oxygen atoms in total. The van der Waals surface area contributed by atoms with E-state index in [9.17, 15) is 4.79 Å². The first-order valence-corrected chi connectivity index (χ1v) is 6.50. The summed E-state index contributed by atoms with van der Waals surface area (Å²) in [7, 11) is 0. The van der Waals surface area contributed by atoms with E-state index in [1.807, 2.05) is 0 Å². The average Bonchev–Trinajstić information content (AvgIpc) is 2.24. The van der Waals surface area contributed by atoms with Gasteiger partial charge in [0, 0.05) is 6.42 Å². The average molecular weight is 230 g/mol. The number of esters is 1. The first kappa shape index (κ1) is 15.4. The second-order valence-corrected chi connectivity index (χ2v) is 4.38. The van der Waals surface area contributed by atoms with Crippen LogP contribution in [0.2, 0.25) is 0 Å². The van der Waals surface area contributed by atoms with Crippen molar-refractivity contribution in [3.05, 3.63) is 0 Å². The zero-order valence-electron chi connectivity index (χ0n) is 10.7. The summed E-state index contributed by atoms with van der Waals surface area (Å²) in [6.45, 7) is 4.50. The smallest absolute Gasteiger partial charge is 0.305 e. The summed E-state index contributed by atoms with van der Waals surface area (Å²) in [4.78, 5) is 11.2. The van der Waals surface area contributed by atoms with Crippen molar-refractivity contribution in [2.24, 2.45) is 0 Å². The largest absolute Gasteiger partial charge is 0.466 e. The van der Waals surface area contributed by atoms with Gasteiger partial charge in [-0.2, -0.15) is 0 Å². The number of carbonyl (C=O) groups is 1. The minimum absolute atomic E-state index is 0.0953. The Bertz CT molecular complexity index is 167.